The second kappa shape index (κ2) is 5.16. The van der Waals surface area contributed by atoms with Crippen molar-refractivity contribution in [3.8, 4) is 5.75 Å². The molecule has 5 nitrogen and oxygen atoms in total. The van der Waals surface area contributed by atoms with Crippen LogP contribution in [-0.4, -0.2) is 32.0 Å². The van der Waals surface area contributed by atoms with E-state index in [1.54, 1.807) is 19.1 Å². The zero-order valence-corrected chi connectivity index (χ0v) is 11.0. The number of rotatable bonds is 3. The molecule has 2 rings (SSSR count). The predicted octanol–water partition coefficient (Wildman–Crippen LogP) is 1.62. The molecule has 0 aliphatic carbocycles. The van der Waals surface area contributed by atoms with Crippen LogP contribution in [0.1, 0.15) is 18.4 Å². The van der Waals surface area contributed by atoms with Crippen LogP contribution in [-0.2, 0) is 14.8 Å². The van der Waals surface area contributed by atoms with Crippen molar-refractivity contribution in [3.63, 3.8) is 0 Å². The van der Waals surface area contributed by atoms with Gasteiger partial charge >= 0.3 is 0 Å². The van der Waals surface area contributed by atoms with Gasteiger partial charge in [-0.3, -0.25) is 4.72 Å². The van der Waals surface area contributed by atoms with Gasteiger partial charge in [0, 0.05) is 18.8 Å². The van der Waals surface area contributed by atoms with Crippen molar-refractivity contribution in [3.05, 3.63) is 23.8 Å². The van der Waals surface area contributed by atoms with Crippen molar-refractivity contribution in [2.75, 3.05) is 17.9 Å². The van der Waals surface area contributed by atoms with E-state index < -0.39 is 15.3 Å². The Balaban J connectivity index is 2.19. The highest BCUT2D eigenvalue weighted by Gasteiger charge is 2.28. The van der Waals surface area contributed by atoms with Gasteiger partial charge in [0.25, 0.3) is 0 Å². The lowest BCUT2D eigenvalue weighted by atomic mass is 10.2. The molecule has 1 aromatic carbocycles. The third kappa shape index (κ3) is 2.76. The van der Waals surface area contributed by atoms with Crippen LogP contribution in [0, 0.1) is 6.92 Å². The van der Waals surface area contributed by atoms with Crippen LogP contribution in [0.15, 0.2) is 18.2 Å². The summed E-state index contributed by atoms with van der Waals surface area (Å²) in [7, 11) is -3.42. The van der Waals surface area contributed by atoms with Gasteiger partial charge in [0.05, 0.1) is 10.9 Å². The van der Waals surface area contributed by atoms with Gasteiger partial charge in [-0.15, -0.1) is 0 Å². The fourth-order valence-corrected chi connectivity index (χ4v) is 3.46. The smallest absolute Gasteiger partial charge is 0.235 e. The van der Waals surface area contributed by atoms with Crippen molar-refractivity contribution in [2.45, 2.75) is 25.0 Å². The van der Waals surface area contributed by atoms with E-state index in [-0.39, 0.29) is 5.75 Å². The Labute approximate surface area is 107 Å². The second-order valence-corrected chi connectivity index (χ2v) is 6.37. The van der Waals surface area contributed by atoms with Crippen LogP contribution >= 0.6 is 0 Å². The maximum absolute atomic E-state index is 12.2. The van der Waals surface area contributed by atoms with E-state index >= 15 is 0 Å². The summed E-state index contributed by atoms with van der Waals surface area (Å²) in [5.41, 5.74) is 0.967. The summed E-state index contributed by atoms with van der Waals surface area (Å²) in [6.07, 6.45) is 1.01. The number of benzene rings is 1. The average molecular weight is 271 g/mol. The van der Waals surface area contributed by atoms with Gasteiger partial charge in [-0.25, -0.2) is 8.42 Å². The molecule has 0 amide bonds. The first-order valence-corrected chi connectivity index (χ1v) is 7.43. The fourth-order valence-electron chi connectivity index (χ4n) is 1.96. The fraction of sp³-hybridized carbons (Fsp3) is 0.500. The molecule has 1 fully saturated rings. The molecule has 2 N–H and O–H groups in total. The molecule has 0 atom stereocenters. The van der Waals surface area contributed by atoms with E-state index in [2.05, 4.69) is 4.72 Å². The summed E-state index contributed by atoms with van der Waals surface area (Å²) >= 11 is 0. The molecule has 1 heterocycles. The average Bonchev–Trinajstić information content (AvgIpc) is 2.36. The van der Waals surface area contributed by atoms with Crippen molar-refractivity contribution in [1.82, 2.24) is 0 Å². The predicted molar refractivity (Wildman–Crippen MR) is 69.2 cm³/mol. The Morgan fingerprint density at radius 1 is 1.33 bits per heavy atom. The standard InChI is InChI=1S/C12H17NO4S/c1-9-11(3-2-4-12(9)14)13-18(15,16)10-5-7-17-8-6-10/h2-4,10,13-14H,5-8H2,1H3. The zero-order valence-electron chi connectivity index (χ0n) is 10.2. The Hall–Kier alpha value is -1.27. The number of anilines is 1. The summed E-state index contributed by atoms with van der Waals surface area (Å²) in [6.45, 7) is 2.63. The maximum Gasteiger partial charge on any atom is 0.235 e. The van der Waals surface area contributed by atoms with E-state index in [1.165, 1.54) is 6.07 Å². The lowest BCUT2D eigenvalue weighted by Crippen LogP contribution is -2.33. The van der Waals surface area contributed by atoms with Crippen LogP contribution < -0.4 is 4.72 Å². The third-order valence-electron chi connectivity index (χ3n) is 3.16. The first-order chi connectivity index (χ1) is 8.50. The number of nitrogens with one attached hydrogen (secondary N) is 1. The Morgan fingerprint density at radius 2 is 2.00 bits per heavy atom. The molecule has 0 radical (unpaired) electrons. The van der Waals surface area contributed by atoms with Gasteiger partial charge in [-0.1, -0.05) is 6.07 Å². The highest BCUT2D eigenvalue weighted by atomic mass is 32.2. The van der Waals surface area contributed by atoms with Crippen LogP contribution in [0.4, 0.5) is 5.69 Å². The number of sulfonamides is 1. The lowest BCUT2D eigenvalue weighted by Gasteiger charge is -2.23. The van der Waals surface area contributed by atoms with E-state index in [4.69, 9.17) is 4.74 Å². The number of hydrogen-bond donors (Lipinski definition) is 2. The zero-order chi connectivity index (χ0) is 13.2. The first-order valence-electron chi connectivity index (χ1n) is 5.88. The third-order valence-corrected chi connectivity index (χ3v) is 5.02. The van der Waals surface area contributed by atoms with E-state index in [0.717, 1.165) is 0 Å². The highest BCUT2D eigenvalue weighted by molar-refractivity contribution is 7.93. The van der Waals surface area contributed by atoms with Gasteiger partial charge in [0.15, 0.2) is 0 Å². The molecule has 0 saturated carbocycles. The maximum atomic E-state index is 12.2. The van der Waals surface area contributed by atoms with Gasteiger partial charge in [0.2, 0.25) is 10.0 Å². The van der Waals surface area contributed by atoms with E-state index in [1.807, 2.05) is 0 Å². The van der Waals surface area contributed by atoms with Crippen LogP contribution in [0.5, 0.6) is 5.75 Å². The Bertz CT molecular complexity index is 521. The minimum absolute atomic E-state index is 0.0853. The number of phenolic OH excluding ortho intramolecular Hbond substituents is 1. The summed E-state index contributed by atoms with van der Waals surface area (Å²) in [5, 5.41) is 9.13. The summed E-state index contributed by atoms with van der Waals surface area (Å²) in [4.78, 5) is 0. The van der Waals surface area contributed by atoms with E-state index in [9.17, 15) is 13.5 Å². The lowest BCUT2D eigenvalue weighted by molar-refractivity contribution is 0.0984. The molecule has 1 aliphatic heterocycles. The molecule has 0 bridgehead atoms. The van der Waals surface area contributed by atoms with Gasteiger partial charge in [-0.05, 0) is 31.9 Å². The minimum Gasteiger partial charge on any atom is -0.508 e. The topological polar surface area (TPSA) is 75.6 Å². The number of aromatic hydroxyl groups is 1. The van der Waals surface area contributed by atoms with E-state index in [0.29, 0.717) is 37.3 Å². The number of hydrogen-bond acceptors (Lipinski definition) is 4. The van der Waals surface area contributed by atoms with Gasteiger partial charge in [0.1, 0.15) is 5.75 Å². The molecule has 0 unspecified atom stereocenters. The van der Waals surface area contributed by atoms with Gasteiger partial charge in [-0.2, -0.15) is 0 Å². The SMILES string of the molecule is Cc1c(O)cccc1NS(=O)(=O)C1CCOCC1. The van der Waals surface area contributed by atoms with Crippen molar-refractivity contribution in [1.29, 1.82) is 0 Å². The summed E-state index contributed by atoms with van der Waals surface area (Å²) in [5.74, 6) is 0.0853. The molecule has 18 heavy (non-hydrogen) atoms. The molecule has 0 spiro atoms. The Kier molecular flexibility index (Phi) is 3.77. The summed E-state index contributed by atoms with van der Waals surface area (Å²) in [6, 6.07) is 4.79. The molecule has 1 aliphatic rings. The molecular formula is C12H17NO4S. The first kappa shape index (κ1) is 13.2. The molecule has 100 valence electrons. The molecule has 0 aromatic heterocycles. The van der Waals surface area contributed by atoms with Crippen molar-refractivity contribution >= 4 is 15.7 Å². The van der Waals surface area contributed by atoms with Crippen molar-refractivity contribution < 1.29 is 18.3 Å². The molecule has 1 saturated heterocycles. The van der Waals surface area contributed by atoms with Crippen LogP contribution in [0.25, 0.3) is 0 Å². The van der Waals surface area contributed by atoms with Crippen molar-refractivity contribution in [2.24, 2.45) is 0 Å². The Morgan fingerprint density at radius 3 is 2.67 bits per heavy atom. The number of phenols is 1. The quantitative estimate of drug-likeness (QED) is 0.876. The van der Waals surface area contributed by atoms with Crippen LogP contribution in [0.2, 0.25) is 0 Å². The minimum atomic E-state index is -3.42. The molecule has 1 aromatic rings. The monoisotopic (exact) mass is 271 g/mol. The highest BCUT2D eigenvalue weighted by Crippen LogP contribution is 2.26. The van der Waals surface area contributed by atoms with Gasteiger partial charge < -0.3 is 9.84 Å². The largest absolute Gasteiger partial charge is 0.508 e. The molecular weight excluding hydrogens is 254 g/mol. The summed E-state index contributed by atoms with van der Waals surface area (Å²) < 4.78 is 32.0. The normalized spacial score (nSPS) is 17.6. The number of ether oxygens (including phenoxy) is 1. The second-order valence-electron chi connectivity index (χ2n) is 4.41. The molecule has 6 heteroatoms. The van der Waals surface area contributed by atoms with Crippen LogP contribution in [0.3, 0.4) is 0 Å².